The molecule has 3 rings (SSSR count). The molecule has 0 fully saturated rings. The minimum Gasteiger partial charge on any atom is -0.293 e. The van der Waals surface area contributed by atoms with Gasteiger partial charge in [-0.2, -0.15) is 0 Å². The van der Waals surface area contributed by atoms with Crippen LogP contribution in [-0.2, 0) is 0 Å². The number of thiophene rings is 1. The summed E-state index contributed by atoms with van der Waals surface area (Å²) in [6.45, 7) is 1.75. The Labute approximate surface area is 124 Å². The molecule has 2 aromatic rings. The topological polar surface area (TPSA) is 51.2 Å². The van der Waals surface area contributed by atoms with Crippen molar-refractivity contribution in [1.29, 1.82) is 0 Å². The molecule has 1 aromatic carbocycles. The first-order valence-corrected chi connectivity index (χ1v) is 7.29. The zero-order valence-electron chi connectivity index (χ0n) is 10.5. The zero-order valence-corrected chi connectivity index (χ0v) is 12.1. The Morgan fingerprint density at radius 2 is 1.95 bits per heavy atom. The number of halogens is 1. The molecule has 1 aliphatic carbocycles. The second-order valence-electron chi connectivity index (χ2n) is 4.45. The molecule has 0 saturated heterocycles. The van der Waals surface area contributed by atoms with Crippen LogP contribution in [0, 0.1) is 0 Å². The van der Waals surface area contributed by atoms with Crippen LogP contribution in [0.1, 0.15) is 54.2 Å². The van der Waals surface area contributed by atoms with E-state index in [1.54, 1.807) is 25.1 Å². The summed E-state index contributed by atoms with van der Waals surface area (Å²) in [5, 5.41) is 0.267. The number of Topliss-reactive ketones (excluding diaryl/α,β-unsaturated/α-hetero) is 1. The second-order valence-corrected chi connectivity index (χ2v) is 5.91. The highest BCUT2D eigenvalue weighted by Crippen LogP contribution is 2.36. The first kappa shape index (κ1) is 13.2. The maximum atomic E-state index is 12.5. The van der Waals surface area contributed by atoms with E-state index in [2.05, 4.69) is 0 Å². The molecule has 0 atom stereocenters. The van der Waals surface area contributed by atoms with E-state index in [1.165, 1.54) is 6.07 Å². The van der Waals surface area contributed by atoms with Crippen LogP contribution in [0.25, 0.3) is 0 Å². The highest BCUT2D eigenvalue weighted by Gasteiger charge is 2.34. The largest absolute Gasteiger partial charge is 0.293 e. The molecular weight excluding hydrogens is 296 g/mol. The predicted octanol–water partition coefficient (Wildman–Crippen LogP) is 3.77. The number of carbonyl (C=O) groups is 3. The van der Waals surface area contributed by atoms with Gasteiger partial charge in [0.2, 0.25) is 5.78 Å². The van der Waals surface area contributed by atoms with Crippen LogP contribution in [0.2, 0.25) is 5.02 Å². The molecule has 3 nitrogen and oxygen atoms in total. The van der Waals surface area contributed by atoms with E-state index >= 15 is 0 Å². The molecule has 1 aromatic heterocycles. The van der Waals surface area contributed by atoms with Gasteiger partial charge in [0.25, 0.3) is 0 Å². The van der Waals surface area contributed by atoms with Crippen molar-refractivity contribution < 1.29 is 14.4 Å². The monoisotopic (exact) mass is 304 g/mol. The van der Waals surface area contributed by atoms with Crippen LogP contribution in [0.3, 0.4) is 0 Å². The van der Waals surface area contributed by atoms with E-state index in [1.807, 2.05) is 0 Å². The number of fused-ring (bicyclic) bond motifs is 2. The minimum absolute atomic E-state index is 0.0693. The molecule has 1 heterocycles. The zero-order chi connectivity index (χ0) is 14.4. The Morgan fingerprint density at radius 3 is 2.65 bits per heavy atom. The summed E-state index contributed by atoms with van der Waals surface area (Å²) in [7, 11) is 0. The van der Waals surface area contributed by atoms with Gasteiger partial charge in [0.15, 0.2) is 11.6 Å². The standard InChI is InChI=1S/C15H9ClO3S/c1-2-10(17)11-6-8-13(18)7-4-3-5-9(16)12(7)14(19)15(8)20-11/h3-6H,2H2,1H3. The van der Waals surface area contributed by atoms with Gasteiger partial charge in [-0.1, -0.05) is 30.7 Å². The summed E-state index contributed by atoms with van der Waals surface area (Å²) in [6, 6.07) is 6.34. The normalized spacial score (nSPS) is 13.1. The van der Waals surface area contributed by atoms with Crippen molar-refractivity contribution in [1.82, 2.24) is 0 Å². The lowest BCUT2D eigenvalue weighted by atomic mass is 9.89. The van der Waals surface area contributed by atoms with Crippen molar-refractivity contribution in [2.75, 3.05) is 0 Å². The molecule has 0 aliphatic heterocycles. The lowest BCUT2D eigenvalue weighted by molar-refractivity contribution is 0.0981. The van der Waals surface area contributed by atoms with E-state index in [4.69, 9.17) is 11.6 Å². The molecule has 0 saturated carbocycles. The quantitative estimate of drug-likeness (QED) is 0.677. The van der Waals surface area contributed by atoms with Gasteiger partial charge in [0, 0.05) is 17.5 Å². The minimum atomic E-state index is -0.277. The Balaban J connectivity index is 2.24. The Hall–Kier alpha value is -1.78. The van der Waals surface area contributed by atoms with Crippen molar-refractivity contribution in [3.05, 3.63) is 55.7 Å². The molecule has 0 radical (unpaired) electrons. The molecule has 20 heavy (non-hydrogen) atoms. The summed E-state index contributed by atoms with van der Waals surface area (Å²) < 4.78 is 0. The van der Waals surface area contributed by atoms with Crippen molar-refractivity contribution in [2.45, 2.75) is 13.3 Å². The molecular formula is C15H9ClO3S. The molecule has 100 valence electrons. The van der Waals surface area contributed by atoms with E-state index in [9.17, 15) is 14.4 Å². The van der Waals surface area contributed by atoms with Crippen LogP contribution in [0.15, 0.2) is 24.3 Å². The average molecular weight is 305 g/mol. The summed E-state index contributed by atoms with van der Waals surface area (Å²) in [5.74, 6) is -0.594. The molecule has 0 unspecified atom stereocenters. The fraction of sp³-hybridized carbons (Fsp3) is 0.133. The highest BCUT2D eigenvalue weighted by atomic mass is 35.5. The third-order valence-electron chi connectivity index (χ3n) is 3.26. The summed E-state index contributed by atoms with van der Waals surface area (Å²) in [6.07, 6.45) is 0.343. The van der Waals surface area contributed by atoms with Gasteiger partial charge in [0.05, 0.1) is 20.3 Å². The summed E-state index contributed by atoms with van der Waals surface area (Å²) in [5.41, 5.74) is 0.860. The molecule has 0 spiro atoms. The SMILES string of the molecule is CCC(=O)c1cc2c(s1)C(=O)c1c(Cl)cccc1C2=O. The Bertz CT molecular complexity index is 773. The van der Waals surface area contributed by atoms with Gasteiger partial charge in [-0.25, -0.2) is 0 Å². The van der Waals surface area contributed by atoms with Gasteiger partial charge in [-0.3, -0.25) is 14.4 Å². The van der Waals surface area contributed by atoms with Gasteiger partial charge < -0.3 is 0 Å². The van der Waals surface area contributed by atoms with Crippen molar-refractivity contribution >= 4 is 40.3 Å². The fourth-order valence-electron chi connectivity index (χ4n) is 2.24. The first-order valence-electron chi connectivity index (χ1n) is 6.09. The summed E-state index contributed by atoms with van der Waals surface area (Å²) >= 11 is 7.10. The number of rotatable bonds is 2. The molecule has 1 aliphatic rings. The van der Waals surface area contributed by atoms with Crippen LogP contribution in [-0.4, -0.2) is 17.3 Å². The smallest absolute Gasteiger partial charge is 0.205 e. The number of ketones is 3. The van der Waals surface area contributed by atoms with E-state index in [0.29, 0.717) is 27.3 Å². The van der Waals surface area contributed by atoms with Gasteiger partial charge in [0.1, 0.15) is 0 Å². The maximum absolute atomic E-state index is 12.5. The van der Waals surface area contributed by atoms with E-state index in [-0.39, 0.29) is 27.9 Å². The van der Waals surface area contributed by atoms with Crippen molar-refractivity contribution in [2.24, 2.45) is 0 Å². The second kappa shape index (κ2) is 4.65. The van der Waals surface area contributed by atoms with Gasteiger partial charge in [-0.05, 0) is 12.1 Å². The predicted molar refractivity (Wildman–Crippen MR) is 77.3 cm³/mol. The van der Waals surface area contributed by atoms with E-state index < -0.39 is 0 Å². The average Bonchev–Trinajstić information content (AvgIpc) is 2.89. The lowest BCUT2D eigenvalue weighted by Crippen LogP contribution is -2.18. The molecule has 5 heteroatoms. The molecule has 0 bridgehead atoms. The van der Waals surface area contributed by atoms with Gasteiger partial charge >= 0.3 is 0 Å². The maximum Gasteiger partial charge on any atom is 0.205 e. The molecule has 0 amide bonds. The summed E-state index contributed by atoms with van der Waals surface area (Å²) in [4.78, 5) is 37.4. The lowest BCUT2D eigenvalue weighted by Gasteiger charge is -2.14. The number of hydrogen-bond donors (Lipinski definition) is 0. The van der Waals surface area contributed by atoms with Crippen LogP contribution >= 0.6 is 22.9 Å². The van der Waals surface area contributed by atoms with Crippen molar-refractivity contribution in [3.8, 4) is 0 Å². The molecule has 0 N–H and O–H groups in total. The number of hydrogen-bond acceptors (Lipinski definition) is 4. The number of benzene rings is 1. The fourth-order valence-corrected chi connectivity index (χ4v) is 3.61. The van der Waals surface area contributed by atoms with Crippen molar-refractivity contribution in [3.63, 3.8) is 0 Å². The van der Waals surface area contributed by atoms with Gasteiger partial charge in [-0.15, -0.1) is 11.3 Å². The number of carbonyl (C=O) groups excluding carboxylic acids is 3. The van der Waals surface area contributed by atoms with E-state index in [0.717, 1.165) is 11.3 Å². The van der Waals surface area contributed by atoms with Crippen LogP contribution in [0.4, 0.5) is 0 Å². The first-order chi connectivity index (χ1) is 9.54. The Kier molecular flexibility index (Phi) is 3.07. The highest BCUT2D eigenvalue weighted by molar-refractivity contribution is 7.16. The third-order valence-corrected chi connectivity index (χ3v) is 4.75. The van der Waals surface area contributed by atoms with Crippen LogP contribution < -0.4 is 0 Å². The van der Waals surface area contributed by atoms with Crippen LogP contribution in [0.5, 0.6) is 0 Å². The Morgan fingerprint density at radius 1 is 1.20 bits per heavy atom. The third kappa shape index (κ3) is 1.76.